The number of carbonyl (C=O) groups is 1. The molecule has 0 spiro atoms. The average Bonchev–Trinajstić information content (AvgIpc) is 2.98. The zero-order chi connectivity index (χ0) is 17.3. The number of aromatic amines is 1. The summed E-state index contributed by atoms with van der Waals surface area (Å²) in [7, 11) is -2.20. The molecule has 3 aromatic rings. The third-order valence-electron chi connectivity index (χ3n) is 3.88. The molecule has 0 fully saturated rings. The maximum Gasteiger partial charge on any atom is 0.335 e. The minimum atomic E-state index is -3.70. The van der Waals surface area contributed by atoms with Gasteiger partial charge in [-0.3, -0.25) is 0 Å². The number of nitrogens with one attached hydrogen (secondary N) is 1. The van der Waals surface area contributed by atoms with E-state index >= 15 is 0 Å². The lowest BCUT2D eigenvalue weighted by molar-refractivity contribution is 0.0696. The molecule has 124 valence electrons. The Kier molecular flexibility index (Phi) is 4.13. The molecule has 6 nitrogen and oxygen atoms in total. The monoisotopic (exact) mass is 344 g/mol. The molecule has 0 aliphatic heterocycles. The van der Waals surface area contributed by atoms with Crippen molar-refractivity contribution in [3.63, 3.8) is 0 Å². The quantitative estimate of drug-likeness (QED) is 0.744. The van der Waals surface area contributed by atoms with E-state index in [-0.39, 0.29) is 17.0 Å². The molecule has 2 N–H and O–H groups in total. The van der Waals surface area contributed by atoms with Gasteiger partial charge in [-0.2, -0.15) is 4.31 Å². The highest BCUT2D eigenvalue weighted by Gasteiger charge is 2.22. The van der Waals surface area contributed by atoms with Gasteiger partial charge in [-0.1, -0.05) is 18.2 Å². The van der Waals surface area contributed by atoms with E-state index in [0.29, 0.717) is 0 Å². The zero-order valence-corrected chi connectivity index (χ0v) is 13.7. The van der Waals surface area contributed by atoms with Crippen LogP contribution in [0.5, 0.6) is 0 Å². The predicted octanol–water partition coefficient (Wildman–Crippen LogP) is 2.69. The molecule has 3 rings (SSSR count). The van der Waals surface area contributed by atoms with Gasteiger partial charge in [0.05, 0.1) is 10.5 Å². The molecule has 0 amide bonds. The molecule has 0 unspecified atom stereocenters. The summed E-state index contributed by atoms with van der Waals surface area (Å²) in [5.74, 6) is -1.09. The van der Waals surface area contributed by atoms with Gasteiger partial charge in [0.1, 0.15) is 0 Å². The van der Waals surface area contributed by atoms with Crippen LogP contribution in [0.2, 0.25) is 0 Å². The average molecular weight is 344 g/mol. The summed E-state index contributed by atoms with van der Waals surface area (Å²) < 4.78 is 26.5. The van der Waals surface area contributed by atoms with Crippen molar-refractivity contribution < 1.29 is 18.3 Å². The van der Waals surface area contributed by atoms with E-state index in [4.69, 9.17) is 5.11 Å². The summed E-state index contributed by atoms with van der Waals surface area (Å²) in [5.41, 5.74) is 1.87. The Morgan fingerprint density at radius 1 is 1.12 bits per heavy atom. The molecule has 2 aromatic carbocycles. The number of hydrogen-bond acceptors (Lipinski definition) is 3. The third kappa shape index (κ3) is 2.91. The first-order valence-corrected chi connectivity index (χ1v) is 8.68. The number of carboxylic acids is 1. The second-order valence-corrected chi connectivity index (χ2v) is 7.49. The molecule has 0 aliphatic carbocycles. The van der Waals surface area contributed by atoms with E-state index in [0.717, 1.165) is 16.5 Å². The van der Waals surface area contributed by atoms with Crippen molar-refractivity contribution >= 4 is 26.9 Å². The summed E-state index contributed by atoms with van der Waals surface area (Å²) >= 11 is 0. The van der Waals surface area contributed by atoms with Gasteiger partial charge in [-0.15, -0.1) is 0 Å². The number of aromatic carboxylic acids is 1. The Hall–Kier alpha value is -2.64. The highest BCUT2D eigenvalue weighted by Crippen LogP contribution is 2.22. The molecule has 0 saturated heterocycles. The van der Waals surface area contributed by atoms with Gasteiger partial charge in [0.2, 0.25) is 10.0 Å². The molecule has 0 bridgehead atoms. The number of rotatable bonds is 5. The summed E-state index contributed by atoms with van der Waals surface area (Å²) in [4.78, 5) is 14.1. The SMILES string of the molecule is CN(Cc1c[nH]c2ccccc12)S(=O)(=O)c1ccc(C(=O)O)cc1. The highest BCUT2D eigenvalue weighted by atomic mass is 32.2. The largest absolute Gasteiger partial charge is 0.478 e. The standard InChI is InChI=1S/C17H16N2O4S/c1-19(11-13-10-18-16-5-3-2-4-15(13)16)24(22,23)14-8-6-12(7-9-14)17(20)21/h2-10,18H,11H2,1H3,(H,20,21). The van der Waals surface area contributed by atoms with Gasteiger partial charge in [-0.05, 0) is 35.9 Å². The second-order valence-electron chi connectivity index (χ2n) is 5.45. The Morgan fingerprint density at radius 2 is 1.79 bits per heavy atom. The maximum absolute atomic E-state index is 12.6. The molecular formula is C17H16N2O4S. The van der Waals surface area contributed by atoms with Gasteiger partial charge in [0.15, 0.2) is 0 Å². The van der Waals surface area contributed by atoms with E-state index in [1.807, 2.05) is 24.3 Å². The van der Waals surface area contributed by atoms with E-state index in [2.05, 4.69) is 4.98 Å². The number of sulfonamides is 1. The maximum atomic E-state index is 12.6. The molecule has 1 heterocycles. The van der Waals surface area contributed by atoms with Crippen LogP contribution in [0.25, 0.3) is 10.9 Å². The van der Waals surface area contributed by atoms with Crippen LogP contribution in [-0.4, -0.2) is 35.8 Å². The van der Waals surface area contributed by atoms with Gasteiger partial charge < -0.3 is 10.1 Å². The van der Waals surface area contributed by atoms with Crippen LogP contribution in [0.1, 0.15) is 15.9 Å². The van der Waals surface area contributed by atoms with Gasteiger partial charge >= 0.3 is 5.97 Å². The number of aromatic nitrogens is 1. The fourth-order valence-electron chi connectivity index (χ4n) is 2.54. The number of fused-ring (bicyclic) bond motifs is 1. The van der Waals surface area contributed by atoms with Crippen LogP contribution in [0.3, 0.4) is 0 Å². The van der Waals surface area contributed by atoms with E-state index < -0.39 is 16.0 Å². The molecule has 0 aliphatic rings. The van der Waals surface area contributed by atoms with Crippen molar-refractivity contribution in [2.24, 2.45) is 0 Å². The first-order chi connectivity index (χ1) is 11.4. The minimum Gasteiger partial charge on any atom is -0.478 e. The third-order valence-corrected chi connectivity index (χ3v) is 5.69. The van der Waals surface area contributed by atoms with Crippen LogP contribution in [0, 0.1) is 0 Å². The lowest BCUT2D eigenvalue weighted by Gasteiger charge is -2.17. The fraction of sp³-hybridized carbons (Fsp3) is 0.118. The number of carboxylic acid groups (broad SMARTS) is 1. The van der Waals surface area contributed by atoms with Gasteiger partial charge in [-0.25, -0.2) is 13.2 Å². The highest BCUT2D eigenvalue weighted by molar-refractivity contribution is 7.89. The smallest absolute Gasteiger partial charge is 0.335 e. The van der Waals surface area contributed by atoms with Crippen molar-refractivity contribution in [2.75, 3.05) is 7.05 Å². The van der Waals surface area contributed by atoms with Crippen LogP contribution in [0.4, 0.5) is 0 Å². The molecule has 0 saturated carbocycles. The lowest BCUT2D eigenvalue weighted by atomic mass is 10.2. The molecular weight excluding hydrogens is 328 g/mol. The van der Waals surface area contributed by atoms with Crippen LogP contribution < -0.4 is 0 Å². The Bertz CT molecular complexity index is 991. The Morgan fingerprint density at radius 3 is 2.46 bits per heavy atom. The molecule has 24 heavy (non-hydrogen) atoms. The Balaban J connectivity index is 1.87. The van der Waals surface area contributed by atoms with Crippen molar-refractivity contribution in [1.29, 1.82) is 0 Å². The van der Waals surface area contributed by atoms with Gasteiger partial charge in [0.25, 0.3) is 0 Å². The fourth-order valence-corrected chi connectivity index (χ4v) is 3.69. The molecule has 7 heteroatoms. The van der Waals surface area contributed by atoms with Crippen LogP contribution in [0.15, 0.2) is 59.6 Å². The number of hydrogen-bond donors (Lipinski definition) is 2. The second kappa shape index (κ2) is 6.10. The normalized spacial score (nSPS) is 11.9. The van der Waals surface area contributed by atoms with Crippen molar-refractivity contribution in [3.05, 3.63) is 65.9 Å². The number of para-hydroxylation sites is 1. The molecule has 1 aromatic heterocycles. The van der Waals surface area contributed by atoms with Crippen molar-refractivity contribution in [3.8, 4) is 0 Å². The molecule has 0 atom stereocenters. The van der Waals surface area contributed by atoms with Crippen molar-refractivity contribution in [1.82, 2.24) is 9.29 Å². The van der Waals surface area contributed by atoms with E-state index in [1.165, 1.54) is 35.6 Å². The Labute approximate surface area is 139 Å². The molecule has 0 radical (unpaired) electrons. The first-order valence-electron chi connectivity index (χ1n) is 7.24. The summed E-state index contributed by atoms with van der Waals surface area (Å²) in [5, 5.41) is 9.87. The summed E-state index contributed by atoms with van der Waals surface area (Å²) in [6.45, 7) is 0.215. The topological polar surface area (TPSA) is 90.5 Å². The van der Waals surface area contributed by atoms with E-state index in [1.54, 1.807) is 6.20 Å². The number of nitrogens with zero attached hydrogens (tertiary/aromatic N) is 1. The van der Waals surface area contributed by atoms with Crippen LogP contribution >= 0.6 is 0 Å². The predicted molar refractivity (Wildman–Crippen MR) is 90.4 cm³/mol. The number of benzene rings is 2. The summed E-state index contributed by atoms with van der Waals surface area (Å²) in [6, 6.07) is 12.9. The van der Waals surface area contributed by atoms with Crippen LogP contribution in [-0.2, 0) is 16.6 Å². The first kappa shape index (κ1) is 16.2. The zero-order valence-electron chi connectivity index (χ0n) is 12.9. The van der Waals surface area contributed by atoms with Crippen molar-refractivity contribution in [2.45, 2.75) is 11.4 Å². The lowest BCUT2D eigenvalue weighted by Crippen LogP contribution is -2.26. The van der Waals surface area contributed by atoms with E-state index in [9.17, 15) is 13.2 Å². The summed E-state index contributed by atoms with van der Waals surface area (Å²) in [6.07, 6.45) is 1.80. The van der Waals surface area contributed by atoms with Gasteiger partial charge in [0, 0.05) is 30.7 Å². The number of H-pyrrole nitrogens is 1. The minimum absolute atomic E-state index is 0.0493.